The molecule has 0 aromatic heterocycles. The average Bonchev–Trinajstić information content (AvgIpc) is 2.44. The van der Waals surface area contributed by atoms with E-state index >= 15 is 0 Å². The van der Waals surface area contributed by atoms with Gasteiger partial charge in [-0.15, -0.1) is 0 Å². The zero-order chi connectivity index (χ0) is 15.2. The SMILES string of the molecule is COc1ccc(C(=O)CCC(=O)NC(C)(C)C#N)cc1. The van der Waals surface area contributed by atoms with Gasteiger partial charge in [0.25, 0.3) is 0 Å². The zero-order valence-corrected chi connectivity index (χ0v) is 11.9. The summed E-state index contributed by atoms with van der Waals surface area (Å²) in [6, 6.07) is 8.70. The molecular weight excluding hydrogens is 256 g/mol. The normalized spacial score (nSPS) is 10.5. The number of methoxy groups -OCH3 is 1. The van der Waals surface area contributed by atoms with Gasteiger partial charge in [-0.3, -0.25) is 9.59 Å². The lowest BCUT2D eigenvalue weighted by Crippen LogP contribution is -2.42. The maximum absolute atomic E-state index is 11.9. The fraction of sp³-hybridized carbons (Fsp3) is 0.400. The average molecular weight is 274 g/mol. The third kappa shape index (κ3) is 4.73. The van der Waals surface area contributed by atoms with Crippen molar-refractivity contribution in [3.8, 4) is 11.8 Å². The number of ketones is 1. The number of nitriles is 1. The molecule has 0 fully saturated rings. The largest absolute Gasteiger partial charge is 0.497 e. The highest BCUT2D eigenvalue weighted by atomic mass is 16.5. The van der Waals surface area contributed by atoms with Crippen LogP contribution < -0.4 is 10.1 Å². The standard InChI is InChI=1S/C15H18N2O3/c1-15(2,10-16)17-14(19)9-8-13(18)11-4-6-12(20-3)7-5-11/h4-7H,8-9H2,1-3H3,(H,17,19). The summed E-state index contributed by atoms with van der Waals surface area (Å²) in [6.07, 6.45) is 0.176. The second-order valence-corrected chi connectivity index (χ2v) is 4.94. The van der Waals surface area contributed by atoms with E-state index in [9.17, 15) is 9.59 Å². The van der Waals surface area contributed by atoms with Gasteiger partial charge < -0.3 is 10.1 Å². The van der Waals surface area contributed by atoms with Gasteiger partial charge in [-0.1, -0.05) is 0 Å². The first-order valence-corrected chi connectivity index (χ1v) is 6.27. The number of ether oxygens (including phenoxy) is 1. The molecule has 0 saturated carbocycles. The lowest BCUT2D eigenvalue weighted by molar-refractivity contribution is -0.122. The number of carbonyl (C=O) groups excluding carboxylic acids is 2. The molecule has 1 amide bonds. The molecular formula is C15H18N2O3. The Bertz CT molecular complexity index is 527. The molecule has 20 heavy (non-hydrogen) atoms. The Morgan fingerprint density at radius 3 is 2.35 bits per heavy atom. The van der Waals surface area contributed by atoms with E-state index in [0.717, 1.165) is 0 Å². The summed E-state index contributed by atoms with van der Waals surface area (Å²) in [5.74, 6) is 0.256. The van der Waals surface area contributed by atoms with E-state index in [0.29, 0.717) is 11.3 Å². The highest BCUT2D eigenvalue weighted by Gasteiger charge is 2.19. The van der Waals surface area contributed by atoms with Crippen LogP contribution in [0.5, 0.6) is 5.75 Å². The summed E-state index contributed by atoms with van der Waals surface area (Å²) in [5.41, 5.74) is -0.376. The molecule has 0 radical (unpaired) electrons. The molecule has 1 aromatic carbocycles. The Kier molecular flexibility index (Phi) is 5.27. The van der Waals surface area contributed by atoms with Crippen LogP contribution in [-0.4, -0.2) is 24.3 Å². The van der Waals surface area contributed by atoms with Gasteiger partial charge in [0.1, 0.15) is 11.3 Å². The van der Waals surface area contributed by atoms with Crippen molar-refractivity contribution in [3.05, 3.63) is 29.8 Å². The number of hydrogen-bond acceptors (Lipinski definition) is 4. The van der Waals surface area contributed by atoms with E-state index in [1.165, 1.54) is 0 Å². The van der Waals surface area contributed by atoms with Crippen molar-refractivity contribution < 1.29 is 14.3 Å². The highest BCUT2D eigenvalue weighted by Crippen LogP contribution is 2.13. The van der Waals surface area contributed by atoms with Gasteiger partial charge in [0.15, 0.2) is 5.78 Å². The summed E-state index contributed by atoms with van der Waals surface area (Å²) < 4.78 is 5.01. The Balaban J connectivity index is 2.51. The predicted octanol–water partition coefficient (Wildman–Crippen LogP) is 2.08. The van der Waals surface area contributed by atoms with E-state index < -0.39 is 5.54 Å². The second-order valence-electron chi connectivity index (χ2n) is 4.94. The summed E-state index contributed by atoms with van der Waals surface area (Å²) >= 11 is 0. The quantitative estimate of drug-likeness (QED) is 0.805. The number of amides is 1. The smallest absolute Gasteiger partial charge is 0.221 e. The van der Waals surface area contributed by atoms with E-state index in [2.05, 4.69) is 5.32 Å². The zero-order valence-electron chi connectivity index (χ0n) is 11.9. The topological polar surface area (TPSA) is 79.2 Å². The van der Waals surface area contributed by atoms with Gasteiger partial charge in [0.2, 0.25) is 5.91 Å². The maximum Gasteiger partial charge on any atom is 0.221 e. The van der Waals surface area contributed by atoms with Crippen LogP contribution in [0.1, 0.15) is 37.0 Å². The molecule has 0 atom stereocenters. The summed E-state index contributed by atoms with van der Waals surface area (Å²) in [5, 5.41) is 11.4. The molecule has 0 bridgehead atoms. The third-order valence-corrected chi connectivity index (χ3v) is 2.72. The Morgan fingerprint density at radius 2 is 1.85 bits per heavy atom. The van der Waals surface area contributed by atoms with E-state index in [-0.39, 0.29) is 24.5 Å². The van der Waals surface area contributed by atoms with Crippen molar-refractivity contribution in [3.63, 3.8) is 0 Å². The molecule has 0 aliphatic rings. The molecule has 1 aromatic rings. The summed E-state index contributed by atoms with van der Waals surface area (Å²) in [6.45, 7) is 3.21. The fourth-order valence-corrected chi connectivity index (χ4v) is 1.59. The van der Waals surface area contributed by atoms with Crippen LogP contribution in [0, 0.1) is 11.3 Å². The van der Waals surface area contributed by atoms with Crippen molar-refractivity contribution >= 4 is 11.7 Å². The van der Waals surface area contributed by atoms with E-state index in [1.54, 1.807) is 45.2 Å². The van der Waals surface area contributed by atoms with Gasteiger partial charge in [-0.25, -0.2) is 0 Å². The van der Waals surface area contributed by atoms with E-state index in [4.69, 9.17) is 10.00 Å². The minimum atomic E-state index is -0.916. The molecule has 5 nitrogen and oxygen atoms in total. The van der Waals surface area contributed by atoms with Crippen molar-refractivity contribution in [1.29, 1.82) is 5.26 Å². The van der Waals surface area contributed by atoms with Crippen molar-refractivity contribution in [2.45, 2.75) is 32.2 Å². The number of Topliss-reactive ketones (excluding diaryl/α,β-unsaturated/α-hetero) is 1. The van der Waals surface area contributed by atoms with Crippen LogP contribution in [0.15, 0.2) is 24.3 Å². The third-order valence-electron chi connectivity index (χ3n) is 2.72. The molecule has 5 heteroatoms. The van der Waals surface area contributed by atoms with Crippen LogP contribution in [0.4, 0.5) is 0 Å². The van der Waals surface area contributed by atoms with Crippen LogP contribution >= 0.6 is 0 Å². The van der Waals surface area contributed by atoms with Crippen molar-refractivity contribution in [2.75, 3.05) is 7.11 Å². The fourth-order valence-electron chi connectivity index (χ4n) is 1.59. The minimum absolute atomic E-state index is 0.0654. The van der Waals surface area contributed by atoms with Crippen LogP contribution in [0.25, 0.3) is 0 Å². The van der Waals surface area contributed by atoms with Crippen molar-refractivity contribution in [1.82, 2.24) is 5.32 Å². The molecule has 0 saturated heterocycles. The van der Waals surface area contributed by atoms with Gasteiger partial charge in [0, 0.05) is 18.4 Å². The summed E-state index contributed by atoms with van der Waals surface area (Å²) in [7, 11) is 1.55. The Labute approximate surface area is 118 Å². The molecule has 106 valence electrons. The lowest BCUT2D eigenvalue weighted by atomic mass is 10.0. The van der Waals surface area contributed by atoms with Gasteiger partial charge in [-0.2, -0.15) is 5.26 Å². The molecule has 0 unspecified atom stereocenters. The van der Waals surface area contributed by atoms with E-state index in [1.807, 2.05) is 6.07 Å². The first-order chi connectivity index (χ1) is 9.38. The molecule has 1 rings (SSSR count). The lowest BCUT2D eigenvalue weighted by Gasteiger charge is -2.17. The van der Waals surface area contributed by atoms with Crippen LogP contribution in [0.3, 0.4) is 0 Å². The Hall–Kier alpha value is -2.35. The van der Waals surface area contributed by atoms with Crippen LogP contribution in [0.2, 0.25) is 0 Å². The number of benzene rings is 1. The Morgan fingerprint density at radius 1 is 1.25 bits per heavy atom. The maximum atomic E-state index is 11.9. The van der Waals surface area contributed by atoms with Gasteiger partial charge in [0.05, 0.1) is 13.2 Å². The number of nitrogens with zero attached hydrogens (tertiary/aromatic N) is 1. The van der Waals surface area contributed by atoms with Crippen LogP contribution in [-0.2, 0) is 4.79 Å². The first kappa shape index (κ1) is 15.7. The predicted molar refractivity (Wildman–Crippen MR) is 74.4 cm³/mol. The number of nitrogens with one attached hydrogen (secondary N) is 1. The monoisotopic (exact) mass is 274 g/mol. The minimum Gasteiger partial charge on any atom is -0.497 e. The summed E-state index contributed by atoms with van der Waals surface area (Å²) in [4.78, 5) is 23.5. The number of hydrogen-bond donors (Lipinski definition) is 1. The number of carbonyl (C=O) groups is 2. The molecule has 0 aliphatic carbocycles. The molecule has 0 heterocycles. The van der Waals surface area contributed by atoms with Gasteiger partial charge in [-0.05, 0) is 38.1 Å². The first-order valence-electron chi connectivity index (χ1n) is 6.27. The number of rotatable bonds is 6. The van der Waals surface area contributed by atoms with Gasteiger partial charge >= 0.3 is 0 Å². The molecule has 0 aliphatic heterocycles. The van der Waals surface area contributed by atoms with Crippen molar-refractivity contribution in [2.24, 2.45) is 0 Å². The second kappa shape index (κ2) is 6.71. The molecule has 0 spiro atoms. The molecule has 1 N–H and O–H groups in total. The highest BCUT2D eigenvalue weighted by molar-refractivity contribution is 5.98.